The van der Waals surface area contributed by atoms with Gasteiger partial charge < -0.3 is 9.47 Å². The molecule has 0 radical (unpaired) electrons. The fourth-order valence-electron chi connectivity index (χ4n) is 3.03. The summed E-state index contributed by atoms with van der Waals surface area (Å²) in [5, 5.41) is 0. The van der Waals surface area contributed by atoms with E-state index in [4.69, 9.17) is 0 Å². The molecule has 0 spiro atoms. The quantitative estimate of drug-likeness (QED) is 0.855. The zero-order valence-corrected chi connectivity index (χ0v) is 14.0. The van der Waals surface area contributed by atoms with Crippen molar-refractivity contribution in [2.24, 2.45) is 0 Å². The largest absolute Gasteiger partial charge is 0.327 e. The molecule has 1 saturated heterocycles. The minimum atomic E-state index is -0.0277. The highest BCUT2D eigenvalue weighted by Gasteiger charge is 2.22. The van der Waals surface area contributed by atoms with Gasteiger partial charge in [-0.05, 0) is 26.4 Å². The number of likely N-dealkylation sites (tertiary alicyclic amines) is 1. The summed E-state index contributed by atoms with van der Waals surface area (Å²) in [6.07, 6.45) is 10.2. The summed E-state index contributed by atoms with van der Waals surface area (Å²) in [5.41, 5.74) is 0.964. The lowest BCUT2D eigenvalue weighted by atomic mass is 9.96. The molecular formula is C17H25N5. The first-order chi connectivity index (χ1) is 10.4. The number of imidazole rings is 1. The van der Waals surface area contributed by atoms with Gasteiger partial charge in [0.2, 0.25) is 0 Å². The molecule has 0 saturated carbocycles. The smallest absolute Gasteiger partial charge is 0.143 e. The molecule has 1 aliphatic rings. The Morgan fingerprint density at radius 1 is 1.14 bits per heavy atom. The fraction of sp³-hybridized carbons (Fsp3) is 0.588. The van der Waals surface area contributed by atoms with Crippen molar-refractivity contribution in [1.82, 2.24) is 24.4 Å². The Labute approximate surface area is 132 Å². The molecule has 118 valence electrons. The van der Waals surface area contributed by atoms with E-state index in [-0.39, 0.29) is 5.41 Å². The molecule has 5 nitrogen and oxygen atoms in total. The molecule has 3 heterocycles. The van der Waals surface area contributed by atoms with Crippen LogP contribution in [-0.2, 0) is 5.41 Å². The fourth-order valence-corrected chi connectivity index (χ4v) is 3.03. The predicted molar refractivity (Wildman–Crippen MR) is 87.7 cm³/mol. The van der Waals surface area contributed by atoms with Crippen molar-refractivity contribution in [3.8, 4) is 11.4 Å². The Bertz CT molecular complexity index is 623. The molecule has 0 aromatic carbocycles. The molecule has 1 atom stereocenters. The van der Waals surface area contributed by atoms with Gasteiger partial charge in [-0.1, -0.05) is 20.8 Å². The van der Waals surface area contributed by atoms with Crippen molar-refractivity contribution >= 4 is 0 Å². The molecule has 0 bridgehead atoms. The number of hydrogen-bond donors (Lipinski definition) is 0. The molecule has 5 heteroatoms. The minimum Gasteiger partial charge on any atom is -0.327 e. The van der Waals surface area contributed by atoms with Gasteiger partial charge in [0.1, 0.15) is 11.6 Å². The Morgan fingerprint density at radius 2 is 1.86 bits per heavy atom. The van der Waals surface area contributed by atoms with Crippen LogP contribution >= 0.6 is 0 Å². The third kappa shape index (κ3) is 3.04. The lowest BCUT2D eigenvalue weighted by Crippen LogP contribution is -2.33. The Hall–Kier alpha value is -1.75. The molecule has 1 unspecified atom stereocenters. The van der Waals surface area contributed by atoms with Crippen LogP contribution in [0.3, 0.4) is 0 Å². The average Bonchev–Trinajstić information content (AvgIpc) is 2.96. The zero-order chi connectivity index (χ0) is 15.7. The first-order valence-electron chi connectivity index (χ1n) is 7.99. The first kappa shape index (κ1) is 15.2. The van der Waals surface area contributed by atoms with Gasteiger partial charge in [-0.15, -0.1) is 0 Å². The number of aromatic nitrogens is 4. The number of nitrogens with zero attached hydrogens (tertiary/aromatic N) is 5. The van der Waals surface area contributed by atoms with Crippen molar-refractivity contribution < 1.29 is 0 Å². The summed E-state index contributed by atoms with van der Waals surface area (Å²) >= 11 is 0. The predicted octanol–water partition coefficient (Wildman–Crippen LogP) is 2.90. The molecule has 0 aliphatic carbocycles. The van der Waals surface area contributed by atoms with Crippen LogP contribution in [0.4, 0.5) is 0 Å². The van der Waals surface area contributed by atoms with E-state index in [9.17, 15) is 0 Å². The highest BCUT2D eigenvalue weighted by atomic mass is 15.2. The third-order valence-corrected chi connectivity index (χ3v) is 4.24. The minimum absolute atomic E-state index is 0.0277. The van der Waals surface area contributed by atoms with Gasteiger partial charge in [-0.2, -0.15) is 0 Å². The van der Waals surface area contributed by atoms with Gasteiger partial charge in [0, 0.05) is 42.8 Å². The molecule has 2 aromatic rings. The molecule has 0 N–H and O–H groups in total. The Morgan fingerprint density at radius 3 is 2.50 bits per heavy atom. The average molecular weight is 299 g/mol. The van der Waals surface area contributed by atoms with Gasteiger partial charge in [0.15, 0.2) is 0 Å². The summed E-state index contributed by atoms with van der Waals surface area (Å²) < 4.78 is 2.28. The molecule has 1 fully saturated rings. The summed E-state index contributed by atoms with van der Waals surface area (Å²) in [5.74, 6) is 1.84. The molecule has 0 amide bonds. The Kier molecular flexibility index (Phi) is 4.00. The van der Waals surface area contributed by atoms with E-state index in [0.717, 1.165) is 23.8 Å². The summed E-state index contributed by atoms with van der Waals surface area (Å²) in [4.78, 5) is 16.0. The molecule has 1 aliphatic heterocycles. The van der Waals surface area contributed by atoms with E-state index < -0.39 is 0 Å². The van der Waals surface area contributed by atoms with Crippen molar-refractivity contribution in [3.63, 3.8) is 0 Å². The van der Waals surface area contributed by atoms with Gasteiger partial charge in [-0.25, -0.2) is 15.0 Å². The van der Waals surface area contributed by atoms with E-state index in [1.54, 1.807) is 0 Å². The van der Waals surface area contributed by atoms with Gasteiger partial charge in [0.25, 0.3) is 0 Å². The summed E-state index contributed by atoms with van der Waals surface area (Å²) in [6, 6.07) is 0.485. The molecule has 2 aromatic heterocycles. The SMILES string of the molecule is CN1CCCC(n2ccnc2-c2cnc(C(C)(C)C)nc2)C1. The van der Waals surface area contributed by atoms with Gasteiger partial charge >= 0.3 is 0 Å². The van der Waals surface area contributed by atoms with Crippen LogP contribution in [0, 0.1) is 0 Å². The zero-order valence-electron chi connectivity index (χ0n) is 14.0. The van der Waals surface area contributed by atoms with Crippen molar-refractivity contribution in [3.05, 3.63) is 30.6 Å². The number of likely N-dealkylation sites (N-methyl/N-ethyl adjacent to an activating group) is 1. The van der Waals surface area contributed by atoms with Gasteiger partial charge in [-0.3, -0.25) is 0 Å². The lowest BCUT2D eigenvalue weighted by molar-refractivity contribution is 0.213. The number of piperidine rings is 1. The number of hydrogen-bond acceptors (Lipinski definition) is 4. The van der Waals surface area contributed by atoms with E-state index >= 15 is 0 Å². The van der Waals surface area contributed by atoms with E-state index in [2.05, 4.69) is 58.4 Å². The van der Waals surface area contributed by atoms with Crippen molar-refractivity contribution in [2.45, 2.75) is 45.1 Å². The maximum atomic E-state index is 4.54. The van der Waals surface area contributed by atoms with E-state index in [1.165, 1.54) is 19.4 Å². The van der Waals surface area contributed by atoms with Crippen LogP contribution in [0.1, 0.15) is 45.5 Å². The normalized spacial score (nSPS) is 20.3. The number of rotatable bonds is 2. The first-order valence-corrected chi connectivity index (χ1v) is 7.99. The second-order valence-corrected chi connectivity index (χ2v) is 7.26. The van der Waals surface area contributed by atoms with Crippen LogP contribution in [0.25, 0.3) is 11.4 Å². The van der Waals surface area contributed by atoms with Crippen molar-refractivity contribution in [2.75, 3.05) is 20.1 Å². The second kappa shape index (κ2) is 5.80. The second-order valence-electron chi connectivity index (χ2n) is 7.26. The maximum Gasteiger partial charge on any atom is 0.143 e. The van der Waals surface area contributed by atoms with Gasteiger partial charge in [0.05, 0.1) is 5.56 Å². The monoisotopic (exact) mass is 299 g/mol. The van der Waals surface area contributed by atoms with Crippen molar-refractivity contribution in [1.29, 1.82) is 0 Å². The van der Waals surface area contributed by atoms with Crippen LogP contribution < -0.4 is 0 Å². The van der Waals surface area contributed by atoms with E-state index in [0.29, 0.717) is 6.04 Å². The molecular weight excluding hydrogens is 274 g/mol. The topological polar surface area (TPSA) is 46.8 Å². The standard InChI is InChI=1S/C17H25N5/c1-17(2,3)16-19-10-13(11-20-16)15-18-7-9-22(15)14-6-5-8-21(4)12-14/h7,9-11,14H,5-6,8,12H2,1-4H3. The maximum absolute atomic E-state index is 4.54. The van der Waals surface area contributed by atoms with E-state index in [1.807, 2.05) is 18.6 Å². The Balaban J connectivity index is 1.88. The summed E-state index contributed by atoms with van der Waals surface area (Å²) in [6.45, 7) is 8.64. The third-order valence-electron chi connectivity index (χ3n) is 4.24. The van der Waals surface area contributed by atoms with Crippen LogP contribution in [-0.4, -0.2) is 44.6 Å². The van der Waals surface area contributed by atoms with Crippen LogP contribution in [0.15, 0.2) is 24.8 Å². The van der Waals surface area contributed by atoms with Crippen LogP contribution in [0.5, 0.6) is 0 Å². The molecule has 22 heavy (non-hydrogen) atoms. The van der Waals surface area contributed by atoms with Crippen LogP contribution in [0.2, 0.25) is 0 Å². The lowest BCUT2D eigenvalue weighted by Gasteiger charge is -2.31. The highest BCUT2D eigenvalue weighted by Crippen LogP contribution is 2.27. The molecule has 3 rings (SSSR count). The summed E-state index contributed by atoms with van der Waals surface area (Å²) in [7, 11) is 2.18. The highest BCUT2D eigenvalue weighted by molar-refractivity contribution is 5.52.